The van der Waals surface area contributed by atoms with Crippen LogP contribution in [0.2, 0.25) is 0 Å². The van der Waals surface area contributed by atoms with E-state index in [4.69, 9.17) is 0 Å². The fourth-order valence-electron chi connectivity index (χ4n) is 1.52. The fourth-order valence-corrected chi connectivity index (χ4v) is 2.99. The standard InChI is InChI=1S/C12H19BrN2O2S/c1-14(2)9-4-10-15(3)18(16,17)12-7-5-11(13)6-8-12/h5-8H,4,9-10H2,1-3H3. The van der Waals surface area contributed by atoms with Crippen molar-refractivity contribution in [1.29, 1.82) is 0 Å². The van der Waals surface area contributed by atoms with Crippen LogP contribution in [-0.2, 0) is 10.0 Å². The lowest BCUT2D eigenvalue weighted by Gasteiger charge is -2.18. The van der Waals surface area contributed by atoms with Crippen molar-refractivity contribution in [3.63, 3.8) is 0 Å². The summed E-state index contributed by atoms with van der Waals surface area (Å²) in [5.74, 6) is 0. The quantitative estimate of drug-likeness (QED) is 0.799. The summed E-state index contributed by atoms with van der Waals surface area (Å²) in [5.41, 5.74) is 0. The lowest BCUT2D eigenvalue weighted by molar-refractivity contribution is 0.370. The highest BCUT2D eigenvalue weighted by molar-refractivity contribution is 9.10. The first kappa shape index (κ1) is 15.6. The highest BCUT2D eigenvalue weighted by Gasteiger charge is 2.19. The summed E-state index contributed by atoms with van der Waals surface area (Å²) >= 11 is 3.29. The van der Waals surface area contributed by atoms with Gasteiger partial charge in [-0.2, -0.15) is 0 Å². The summed E-state index contributed by atoms with van der Waals surface area (Å²) in [6.07, 6.45) is 0.819. The normalized spacial score (nSPS) is 12.3. The van der Waals surface area contributed by atoms with E-state index in [2.05, 4.69) is 15.9 Å². The lowest BCUT2D eigenvalue weighted by atomic mass is 10.4. The number of rotatable bonds is 6. The second kappa shape index (κ2) is 6.65. The van der Waals surface area contributed by atoms with Crippen molar-refractivity contribution in [2.45, 2.75) is 11.3 Å². The highest BCUT2D eigenvalue weighted by atomic mass is 79.9. The number of hydrogen-bond donors (Lipinski definition) is 0. The SMILES string of the molecule is CN(C)CCCN(C)S(=O)(=O)c1ccc(Br)cc1. The molecule has 0 amide bonds. The van der Waals surface area contributed by atoms with Gasteiger partial charge in [0.05, 0.1) is 4.90 Å². The molecule has 0 aliphatic rings. The van der Waals surface area contributed by atoms with Crippen LogP contribution in [0.25, 0.3) is 0 Å². The number of halogens is 1. The number of nitrogens with zero attached hydrogens (tertiary/aromatic N) is 2. The van der Waals surface area contributed by atoms with Crippen molar-refractivity contribution >= 4 is 26.0 Å². The van der Waals surface area contributed by atoms with Gasteiger partial charge in [0.15, 0.2) is 0 Å². The Hall–Kier alpha value is -0.430. The van der Waals surface area contributed by atoms with Gasteiger partial charge in [0.2, 0.25) is 10.0 Å². The van der Waals surface area contributed by atoms with Gasteiger partial charge in [0.25, 0.3) is 0 Å². The van der Waals surface area contributed by atoms with Gasteiger partial charge in [0, 0.05) is 18.1 Å². The Morgan fingerprint density at radius 2 is 1.61 bits per heavy atom. The van der Waals surface area contributed by atoms with Crippen LogP contribution in [-0.4, -0.2) is 51.9 Å². The molecule has 0 spiro atoms. The fraction of sp³-hybridized carbons (Fsp3) is 0.500. The molecule has 4 nitrogen and oxygen atoms in total. The minimum atomic E-state index is -3.36. The van der Waals surface area contributed by atoms with Crippen molar-refractivity contribution in [3.05, 3.63) is 28.7 Å². The average molecular weight is 335 g/mol. The van der Waals surface area contributed by atoms with Gasteiger partial charge >= 0.3 is 0 Å². The monoisotopic (exact) mass is 334 g/mol. The second-order valence-electron chi connectivity index (χ2n) is 4.44. The predicted molar refractivity (Wildman–Crippen MR) is 77.1 cm³/mol. The minimum Gasteiger partial charge on any atom is -0.309 e. The zero-order valence-electron chi connectivity index (χ0n) is 10.9. The topological polar surface area (TPSA) is 40.6 Å². The first-order chi connectivity index (χ1) is 8.34. The molecule has 0 bridgehead atoms. The third-order valence-corrected chi connectivity index (χ3v) is 5.00. The molecule has 1 aromatic carbocycles. The molecule has 0 unspecified atom stereocenters. The molecule has 0 aromatic heterocycles. The Bertz CT molecular complexity index is 471. The number of benzene rings is 1. The van der Waals surface area contributed by atoms with Crippen molar-refractivity contribution in [2.24, 2.45) is 0 Å². The summed E-state index contributed by atoms with van der Waals surface area (Å²) in [5, 5.41) is 0. The average Bonchev–Trinajstić information content (AvgIpc) is 2.28. The molecule has 0 atom stereocenters. The van der Waals surface area contributed by atoms with Gasteiger partial charge in [0.1, 0.15) is 0 Å². The zero-order chi connectivity index (χ0) is 13.8. The van der Waals surface area contributed by atoms with E-state index >= 15 is 0 Å². The Kier molecular flexibility index (Phi) is 5.78. The number of sulfonamides is 1. The van der Waals surface area contributed by atoms with Crippen LogP contribution in [0.15, 0.2) is 33.6 Å². The zero-order valence-corrected chi connectivity index (χ0v) is 13.3. The van der Waals surface area contributed by atoms with E-state index < -0.39 is 10.0 Å². The van der Waals surface area contributed by atoms with Gasteiger partial charge in [-0.05, 0) is 51.3 Å². The maximum Gasteiger partial charge on any atom is 0.242 e. The summed E-state index contributed by atoms with van der Waals surface area (Å²) in [6.45, 7) is 1.40. The van der Waals surface area contributed by atoms with E-state index in [0.717, 1.165) is 17.4 Å². The molecule has 0 N–H and O–H groups in total. The molecular formula is C12H19BrN2O2S. The first-order valence-corrected chi connectivity index (χ1v) is 7.94. The molecular weight excluding hydrogens is 316 g/mol. The van der Waals surface area contributed by atoms with E-state index in [1.807, 2.05) is 19.0 Å². The van der Waals surface area contributed by atoms with Crippen LogP contribution in [0.5, 0.6) is 0 Å². The Morgan fingerprint density at radius 1 is 1.06 bits per heavy atom. The Balaban J connectivity index is 2.71. The van der Waals surface area contributed by atoms with Gasteiger partial charge in [-0.15, -0.1) is 0 Å². The van der Waals surface area contributed by atoms with Crippen LogP contribution >= 0.6 is 15.9 Å². The van der Waals surface area contributed by atoms with Crippen molar-refractivity contribution in [3.8, 4) is 0 Å². The van der Waals surface area contributed by atoms with Crippen LogP contribution in [0, 0.1) is 0 Å². The van der Waals surface area contributed by atoms with Crippen LogP contribution < -0.4 is 0 Å². The maximum atomic E-state index is 12.2. The van der Waals surface area contributed by atoms with Gasteiger partial charge in [-0.25, -0.2) is 12.7 Å². The third kappa shape index (κ3) is 4.35. The molecule has 0 saturated carbocycles. The largest absolute Gasteiger partial charge is 0.309 e. The molecule has 0 fully saturated rings. The Morgan fingerprint density at radius 3 is 2.11 bits per heavy atom. The first-order valence-electron chi connectivity index (χ1n) is 5.70. The van der Waals surface area contributed by atoms with E-state index in [-0.39, 0.29) is 0 Å². The molecule has 0 saturated heterocycles. The van der Waals surface area contributed by atoms with Gasteiger partial charge in [-0.3, -0.25) is 0 Å². The highest BCUT2D eigenvalue weighted by Crippen LogP contribution is 2.17. The molecule has 0 heterocycles. The van der Waals surface area contributed by atoms with Gasteiger partial charge < -0.3 is 4.90 Å². The minimum absolute atomic E-state index is 0.332. The molecule has 0 aliphatic heterocycles. The van der Waals surface area contributed by atoms with Crippen LogP contribution in [0.4, 0.5) is 0 Å². The van der Waals surface area contributed by atoms with Crippen LogP contribution in [0.3, 0.4) is 0 Å². The third-order valence-electron chi connectivity index (χ3n) is 2.60. The predicted octanol–water partition coefficient (Wildman–Crippen LogP) is 2.02. The van der Waals surface area contributed by atoms with Crippen molar-refractivity contribution < 1.29 is 8.42 Å². The summed E-state index contributed by atoms with van der Waals surface area (Å²) in [4.78, 5) is 2.37. The van der Waals surface area contributed by atoms with E-state index in [1.54, 1.807) is 31.3 Å². The summed E-state index contributed by atoms with van der Waals surface area (Å²) in [7, 11) is 2.21. The molecule has 1 aromatic rings. The van der Waals surface area contributed by atoms with Gasteiger partial charge in [-0.1, -0.05) is 15.9 Å². The Labute approximate surface area is 118 Å². The molecule has 0 radical (unpaired) electrons. The summed E-state index contributed by atoms with van der Waals surface area (Å²) < 4.78 is 26.7. The number of hydrogen-bond acceptors (Lipinski definition) is 3. The van der Waals surface area contributed by atoms with Crippen LogP contribution in [0.1, 0.15) is 6.42 Å². The smallest absolute Gasteiger partial charge is 0.242 e. The molecule has 1 rings (SSSR count). The van der Waals surface area contributed by atoms with E-state index in [9.17, 15) is 8.42 Å². The second-order valence-corrected chi connectivity index (χ2v) is 7.40. The maximum absolute atomic E-state index is 12.2. The van der Waals surface area contributed by atoms with Crippen molar-refractivity contribution in [1.82, 2.24) is 9.21 Å². The molecule has 6 heteroatoms. The molecule has 18 heavy (non-hydrogen) atoms. The van der Waals surface area contributed by atoms with Crippen molar-refractivity contribution in [2.75, 3.05) is 34.2 Å². The molecule has 102 valence electrons. The van der Waals surface area contributed by atoms with E-state index in [0.29, 0.717) is 11.4 Å². The molecule has 0 aliphatic carbocycles. The summed E-state index contributed by atoms with van der Waals surface area (Å²) in [6, 6.07) is 6.70. The van der Waals surface area contributed by atoms with E-state index in [1.165, 1.54) is 4.31 Å². The lowest BCUT2D eigenvalue weighted by Crippen LogP contribution is -2.29.